The fourth-order valence-electron chi connectivity index (χ4n) is 3.43. The van der Waals surface area contributed by atoms with Gasteiger partial charge in [0.25, 0.3) is 0 Å². The third kappa shape index (κ3) is 9.57. The van der Waals surface area contributed by atoms with E-state index in [1.54, 1.807) is 13.1 Å². The smallest absolute Gasteiger partial charge is 0.407 e. The quantitative estimate of drug-likeness (QED) is 0.282. The first-order valence-corrected chi connectivity index (χ1v) is 10.5. The monoisotopic (exact) mass is 552 g/mol. The summed E-state index contributed by atoms with van der Waals surface area (Å²) >= 11 is 0. The maximum absolute atomic E-state index is 13.4. The number of rotatable bonds is 5. The van der Waals surface area contributed by atoms with Crippen LogP contribution in [0.1, 0.15) is 64.9 Å². The van der Waals surface area contributed by atoms with E-state index in [1.807, 2.05) is 27.7 Å². The number of benzene rings is 1. The molecule has 1 fully saturated rings. The average molecular weight is 552 g/mol. The van der Waals surface area contributed by atoms with Crippen molar-refractivity contribution in [3.05, 3.63) is 35.4 Å². The lowest BCUT2D eigenvalue weighted by Gasteiger charge is -2.31. The summed E-state index contributed by atoms with van der Waals surface area (Å²) in [5.74, 6) is -1.01. The zero-order valence-electron chi connectivity index (χ0n) is 18.9. The van der Waals surface area contributed by atoms with Crippen molar-refractivity contribution >= 4 is 36.0 Å². The number of alkyl carbamates (subject to hydrolysis) is 1. The summed E-state index contributed by atoms with van der Waals surface area (Å²) in [6.07, 6.45) is 3.15. The van der Waals surface area contributed by atoms with E-state index < -0.39 is 17.2 Å². The molecule has 176 valence electrons. The molecule has 0 bridgehead atoms. The largest absolute Gasteiger partial charge is 0.444 e. The van der Waals surface area contributed by atoms with Gasteiger partial charge in [0.15, 0.2) is 17.6 Å². The van der Waals surface area contributed by atoms with Gasteiger partial charge in [-0.05, 0) is 70.1 Å². The first-order valence-electron chi connectivity index (χ1n) is 10.5. The highest BCUT2D eigenvalue weighted by Gasteiger charge is 2.25. The molecule has 1 atom stereocenters. The van der Waals surface area contributed by atoms with Crippen molar-refractivity contribution in [1.29, 1.82) is 0 Å². The Morgan fingerprint density at radius 1 is 1.13 bits per heavy atom. The van der Waals surface area contributed by atoms with Crippen LogP contribution in [0, 0.1) is 11.6 Å². The molecule has 9 heteroatoms. The van der Waals surface area contributed by atoms with Crippen molar-refractivity contribution in [2.75, 3.05) is 13.6 Å². The molecular formula is C22H35F2IN4O2. The third-order valence-electron chi connectivity index (χ3n) is 5.10. The highest BCUT2D eigenvalue weighted by molar-refractivity contribution is 14.0. The molecule has 31 heavy (non-hydrogen) atoms. The second kappa shape index (κ2) is 12.4. The molecule has 1 aromatic carbocycles. The molecule has 1 aliphatic carbocycles. The van der Waals surface area contributed by atoms with E-state index in [4.69, 9.17) is 4.74 Å². The summed E-state index contributed by atoms with van der Waals surface area (Å²) in [6.45, 7) is 8.03. The second-order valence-corrected chi connectivity index (χ2v) is 8.87. The summed E-state index contributed by atoms with van der Waals surface area (Å²) in [4.78, 5) is 16.2. The molecule has 1 unspecified atom stereocenters. The molecule has 6 nitrogen and oxygen atoms in total. The van der Waals surface area contributed by atoms with Crippen molar-refractivity contribution in [3.8, 4) is 0 Å². The van der Waals surface area contributed by atoms with Crippen LogP contribution >= 0.6 is 24.0 Å². The predicted molar refractivity (Wildman–Crippen MR) is 130 cm³/mol. The number of guanidine groups is 1. The Morgan fingerprint density at radius 2 is 1.71 bits per heavy atom. The summed E-state index contributed by atoms with van der Waals surface area (Å²) in [5, 5.41) is 9.59. The van der Waals surface area contributed by atoms with Gasteiger partial charge in [0, 0.05) is 25.7 Å². The van der Waals surface area contributed by atoms with Crippen LogP contribution in [0.2, 0.25) is 0 Å². The lowest BCUT2D eigenvalue weighted by atomic mass is 9.91. The number of carbonyl (C=O) groups is 1. The number of hydrogen-bond donors (Lipinski definition) is 3. The molecule has 0 saturated heterocycles. The molecule has 1 aliphatic rings. The number of carbonyl (C=O) groups excluding carboxylic acids is 1. The van der Waals surface area contributed by atoms with Crippen LogP contribution in [0.5, 0.6) is 0 Å². The molecule has 0 spiro atoms. The Kier molecular flexibility index (Phi) is 11.0. The van der Waals surface area contributed by atoms with E-state index in [1.165, 1.54) is 6.07 Å². The van der Waals surface area contributed by atoms with Crippen LogP contribution in [0.4, 0.5) is 13.6 Å². The number of nitrogens with zero attached hydrogens (tertiary/aromatic N) is 1. The fraction of sp³-hybridized carbons (Fsp3) is 0.636. The first kappa shape index (κ1) is 27.4. The van der Waals surface area contributed by atoms with E-state index >= 15 is 0 Å². The lowest BCUT2D eigenvalue weighted by Crippen LogP contribution is -2.48. The van der Waals surface area contributed by atoms with Crippen LogP contribution < -0.4 is 16.0 Å². The molecule has 2 rings (SSSR count). The van der Waals surface area contributed by atoms with E-state index in [0.717, 1.165) is 37.3 Å². The summed E-state index contributed by atoms with van der Waals surface area (Å²) in [5.41, 5.74) is 0.225. The fourth-order valence-corrected chi connectivity index (χ4v) is 3.43. The minimum absolute atomic E-state index is 0. The topological polar surface area (TPSA) is 74.8 Å². The Morgan fingerprint density at radius 3 is 2.23 bits per heavy atom. The van der Waals surface area contributed by atoms with Crippen LogP contribution in [-0.4, -0.2) is 43.3 Å². The van der Waals surface area contributed by atoms with E-state index in [9.17, 15) is 13.6 Å². The number of ether oxygens (including phenoxy) is 1. The van der Waals surface area contributed by atoms with Crippen LogP contribution in [0.15, 0.2) is 23.2 Å². The Hall–Kier alpha value is -1.65. The van der Waals surface area contributed by atoms with E-state index in [0.29, 0.717) is 12.5 Å². The average Bonchev–Trinajstić information content (AvgIpc) is 2.66. The standard InChI is InChI=1S/C22H34F2N4O2.HI/c1-14(15-6-11-18(23)19(24)12-15)13-26-20(25-5)27-16-7-9-17(10-8-16)28-21(29)30-22(2,3)4;/h6,11-12,14,16-17H,7-10,13H2,1-5H3,(H,28,29)(H2,25,26,27);1H. The van der Waals surface area contributed by atoms with Crippen LogP contribution in [0.25, 0.3) is 0 Å². The summed E-state index contributed by atoms with van der Waals surface area (Å²) < 4.78 is 31.9. The molecule has 0 aliphatic heterocycles. The molecule has 0 heterocycles. The number of hydrogen-bond acceptors (Lipinski definition) is 3. The Bertz CT molecular complexity index is 748. The van der Waals surface area contributed by atoms with Gasteiger partial charge in [0.05, 0.1) is 0 Å². The van der Waals surface area contributed by atoms with Gasteiger partial charge in [-0.15, -0.1) is 24.0 Å². The predicted octanol–water partition coefficient (Wildman–Crippen LogP) is 4.69. The van der Waals surface area contributed by atoms with E-state index in [2.05, 4.69) is 20.9 Å². The molecule has 1 amide bonds. The maximum Gasteiger partial charge on any atom is 0.407 e. The van der Waals surface area contributed by atoms with Crippen LogP contribution in [-0.2, 0) is 4.74 Å². The van der Waals surface area contributed by atoms with Gasteiger partial charge < -0.3 is 20.7 Å². The van der Waals surface area contributed by atoms with Crippen molar-refractivity contribution in [3.63, 3.8) is 0 Å². The third-order valence-corrected chi connectivity index (χ3v) is 5.10. The van der Waals surface area contributed by atoms with Gasteiger partial charge in [0.2, 0.25) is 0 Å². The maximum atomic E-state index is 13.4. The minimum atomic E-state index is -0.840. The Labute approximate surface area is 201 Å². The number of nitrogens with one attached hydrogen (secondary N) is 3. The first-order chi connectivity index (χ1) is 14.1. The van der Waals surface area contributed by atoms with Gasteiger partial charge >= 0.3 is 6.09 Å². The number of aliphatic imine (C=N–C) groups is 1. The zero-order chi connectivity index (χ0) is 22.3. The highest BCUT2D eigenvalue weighted by atomic mass is 127. The molecule has 1 aromatic rings. The van der Waals surface area contributed by atoms with Crippen molar-refractivity contribution in [2.24, 2.45) is 4.99 Å². The molecule has 0 aromatic heterocycles. The zero-order valence-corrected chi connectivity index (χ0v) is 21.3. The molecule has 3 N–H and O–H groups in total. The minimum Gasteiger partial charge on any atom is -0.444 e. The van der Waals surface area contributed by atoms with Crippen molar-refractivity contribution in [2.45, 2.75) is 77.0 Å². The van der Waals surface area contributed by atoms with Gasteiger partial charge in [-0.1, -0.05) is 13.0 Å². The number of halogens is 3. The summed E-state index contributed by atoms with van der Waals surface area (Å²) in [7, 11) is 1.70. The molecular weight excluding hydrogens is 517 g/mol. The molecule has 1 saturated carbocycles. The lowest BCUT2D eigenvalue weighted by molar-refractivity contribution is 0.0490. The number of amides is 1. The van der Waals surface area contributed by atoms with Crippen LogP contribution in [0.3, 0.4) is 0 Å². The second-order valence-electron chi connectivity index (χ2n) is 8.87. The summed E-state index contributed by atoms with van der Waals surface area (Å²) in [6, 6.07) is 4.35. The van der Waals surface area contributed by atoms with Gasteiger partial charge in [-0.3, -0.25) is 4.99 Å². The normalized spacial score (nSPS) is 20.3. The van der Waals surface area contributed by atoms with Gasteiger partial charge in [-0.25, -0.2) is 13.6 Å². The molecule has 0 radical (unpaired) electrons. The van der Waals surface area contributed by atoms with Crippen molar-refractivity contribution in [1.82, 2.24) is 16.0 Å². The SMILES string of the molecule is CN=C(NCC(C)c1ccc(F)c(F)c1)NC1CCC(NC(=O)OC(C)(C)C)CC1.I. The van der Waals surface area contributed by atoms with Gasteiger partial charge in [0.1, 0.15) is 5.60 Å². The Balaban J connectivity index is 0.00000480. The van der Waals surface area contributed by atoms with Gasteiger partial charge in [-0.2, -0.15) is 0 Å². The van der Waals surface area contributed by atoms with E-state index in [-0.39, 0.29) is 48.1 Å². The highest BCUT2D eigenvalue weighted by Crippen LogP contribution is 2.20. The van der Waals surface area contributed by atoms with Crippen molar-refractivity contribution < 1.29 is 18.3 Å².